The van der Waals surface area contributed by atoms with Gasteiger partial charge in [0.1, 0.15) is 5.57 Å². The fourth-order valence-corrected chi connectivity index (χ4v) is 4.00. The van der Waals surface area contributed by atoms with Gasteiger partial charge in [-0.2, -0.15) is 0 Å². The monoisotopic (exact) mass is 391 g/mol. The van der Waals surface area contributed by atoms with E-state index in [2.05, 4.69) is 38.0 Å². The predicted molar refractivity (Wildman–Crippen MR) is 108 cm³/mol. The van der Waals surface area contributed by atoms with Crippen molar-refractivity contribution in [2.24, 2.45) is 0 Å². The molecule has 2 aliphatic heterocycles. The number of halogens is 1. The average molecular weight is 392 g/mol. The van der Waals surface area contributed by atoms with Crippen molar-refractivity contribution in [1.29, 1.82) is 0 Å². The third kappa shape index (κ3) is 3.01. The molecule has 0 spiro atoms. The second-order valence-corrected chi connectivity index (χ2v) is 8.38. The first kappa shape index (κ1) is 18.9. The molecule has 26 heavy (non-hydrogen) atoms. The largest absolute Gasteiger partial charge is 0.369 e. The Bertz CT molecular complexity index is 863. The van der Waals surface area contributed by atoms with Gasteiger partial charge >= 0.3 is 0 Å². The molecule has 1 unspecified atom stereocenters. The van der Waals surface area contributed by atoms with Gasteiger partial charge in [0.15, 0.2) is 5.11 Å². The van der Waals surface area contributed by atoms with E-state index in [1.807, 2.05) is 12.1 Å². The van der Waals surface area contributed by atoms with E-state index >= 15 is 0 Å². The number of benzene rings is 1. The molecule has 0 saturated carbocycles. The smallest absolute Gasteiger partial charge is 0.265 e. The third-order valence-electron chi connectivity index (χ3n) is 5.36. The first-order valence-corrected chi connectivity index (χ1v) is 9.24. The Kier molecular flexibility index (Phi) is 4.61. The van der Waals surface area contributed by atoms with E-state index < -0.39 is 11.8 Å². The lowest BCUT2D eigenvalue weighted by atomic mass is 9.80. The van der Waals surface area contributed by atoms with Gasteiger partial charge in [0.2, 0.25) is 0 Å². The number of nitrogens with one attached hydrogen (secondary N) is 1. The number of hydrogen-bond acceptors (Lipinski definition) is 4. The van der Waals surface area contributed by atoms with Gasteiger partial charge < -0.3 is 4.90 Å². The molecule has 0 bridgehead atoms. The van der Waals surface area contributed by atoms with Crippen LogP contribution in [0.15, 0.2) is 17.7 Å². The van der Waals surface area contributed by atoms with Crippen LogP contribution in [0.5, 0.6) is 0 Å². The summed E-state index contributed by atoms with van der Waals surface area (Å²) >= 11 is 11.5. The molecule has 1 N–H and O–H groups in total. The van der Waals surface area contributed by atoms with Crippen LogP contribution in [0.1, 0.15) is 44.2 Å². The lowest BCUT2D eigenvalue weighted by Crippen LogP contribution is -2.52. The van der Waals surface area contributed by atoms with Crippen molar-refractivity contribution in [3.63, 3.8) is 0 Å². The minimum absolute atomic E-state index is 0.0279. The molecule has 1 aromatic rings. The summed E-state index contributed by atoms with van der Waals surface area (Å²) in [7, 11) is 3.60. The zero-order valence-electron chi connectivity index (χ0n) is 15.5. The maximum Gasteiger partial charge on any atom is 0.265 e. The topological polar surface area (TPSA) is 52.7 Å². The molecule has 1 aromatic carbocycles. The van der Waals surface area contributed by atoms with Gasteiger partial charge in [-0.05, 0) is 67.7 Å². The van der Waals surface area contributed by atoms with Crippen LogP contribution in [-0.4, -0.2) is 41.5 Å². The highest BCUT2D eigenvalue weighted by Gasteiger charge is 2.35. The van der Waals surface area contributed by atoms with Crippen molar-refractivity contribution >= 4 is 52.5 Å². The van der Waals surface area contributed by atoms with Crippen molar-refractivity contribution in [3.05, 3.63) is 33.9 Å². The van der Waals surface area contributed by atoms with E-state index in [0.29, 0.717) is 16.5 Å². The normalized spacial score (nSPS) is 24.0. The molecular formula is C19H22ClN3O2S. The van der Waals surface area contributed by atoms with Crippen LogP contribution < -0.4 is 10.2 Å². The van der Waals surface area contributed by atoms with Gasteiger partial charge in [-0.3, -0.25) is 19.8 Å². The molecule has 3 rings (SSSR count). The summed E-state index contributed by atoms with van der Waals surface area (Å²) in [6.45, 7) is 6.60. The lowest BCUT2D eigenvalue weighted by molar-refractivity contribution is -0.128. The number of rotatable bonds is 1. The second-order valence-electron chi connectivity index (χ2n) is 7.59. The molecule has 2 aliphatic rings. The second kappa shape index (κ2) is 6.35. The van der Waals surface area contributed by atoms with Crippen molar-refractivity contribution in [2.45, 2.75) is 38.6 Å². The summed E-state index contributed by atoms with van der Waals surface area (Å²) in [4.78, 5) is 28.1. The van der Waals surface area contributed by atoms with E-state index in [0.717, 1.165) is 17.7 Å². The third-order valence-corrected chi connectivity index (χ3v) is 6.06. The highest BCUT2D eigenvalue weighted by molar-refractivity contribution is 7.80. The van der Waals surface area contributed by atoms with Crippen molar-refractivity contribution in [3.8, 4) is 0 Å². The van der Waals surface area contributed by atoms with Crippen LogP contribution in [-0.2, 0) is 9.59 Å². The molecule has 0 aromatic heterocycles. The van der Waals surface area contributed by atoms with Gasteiger partial charge in [-0.1, -0.05) is 18.5 Å². The molecule has 1 fully saturated rings. The Morgan fingerprint density at radius 2 is 1.96 bits per heavy atom. The Morgan fingerprint density at radius 1 is 1.31 bits per heavy atom. The number of amides is 2. The van der Waals surface area contributed by atoms with E-state index in [9.17, 15) is 9.59 Å². The van der Waals surface area contributed by atoms with Crippen LogP contribution in [0.4, 0.5) is 5.69 Å². The van der Waals surface area contributed by atoms with E-state index in [1.165, 1.54) is 11.9 Å². The molecule has 138 valence electrons. The summed E-state index contributed by atoms with van der Waals surface area (Å²) in [6.07, 6.45) is 2.55. The minimum atomic E-state index is -0.502. The molecule has 7 heteroatoms. The number of thiocarbonyl (C=S) groups is 1. The van der Waals surface area contributed by atoms with E-state index in [4.69, 9.17) is 23.8 Å². The van der Waals surface area contributed by atoms with Gasteiger partial charge in [-0.25, -0.2) is 0 Å². The number of fused-ring (bicyclic) bond motifs is 1. The van der Waals surface area contributed by atoms with Crippen molar-refractivity contribution in [2.75, 3.05) is 19.0 Å². The average Bonchev–Trinajstić information content (AvgIpc) is 2.55. The number of nitrogens with zero attached hydrogens (tertiary/aromatic N) is 2. The quantitative estimate of drug-likeness (QED) is 0.453. The lowest BCUT2D eigenvalue weighted by Gasteiger charge is -2.45. The SMILES string of the molecule is CC1CC(C)(C)N(C)c2cc(Cl)c(/C=C3\C(=O)NC(=S)N(C)C3=O)cc21. The molecular weight excluding hydrogens is 370 g/mol. The number of hydrogen-bond donors (Lipinski definition) is 1. The standard InChI is InChI=1S/C19H22ClN3O2S/c1-10-9-19(2,3)23(5)15-8-14(20)11(6-12(10)15)7-13-16(24)21-18(26)22(4)17(13)25/h6-8,10H,9H2,1-5H3,(H,21,24,26)/b13-7+. The van der Waals surface area contributed by atoms with Crippen LogP contribution in [0.2, 0.25) is 5.02 Å². The van der Waals surface area contributed by atoms with Gasteiger partial charge in [0.25, 0.3) is 11.8 Å². The molecule has 0 radical (unpaired) electrons. The number of anilines is 1. The summed E-state index contributed by atoms with van der Waals surface area (Å²) in [5.41, 5.74) is 2.97. The van der Waals surface area contributed by atoms with E-state index in [1.54, 1.807) is 6.08 Å². The Morgan fingerprint density at radius 3 is 2.62 bits per heavy atom. The molecule has 5 nitrogen and oxygen atoms in total. The van der Waals surface area contributed by atoms with Crippen LogP contribution in [0, 0.1) is 0 Å². The zero-order valence-corrected chi connectivity index (χ0v) is 17.1. The Hall–Kier alpha value is -1.92. The van der Waals surface area contributed by atoms with Gasteiger partial charge in [0, 0.05) is 30.3 Å². The Labute approximate surface area is 164 Å². The number of carbonyl (C=O) groups is 2. The molecule has 0 aliphatic carbocycles. The van der Waals surface area contributed by atoms with Crippen molar-refractivity contribution < 1.29 is 9.59 Å². The Balaban J connectivity index is 2.08. The van der Waals surface area contributed by atoms with Gasteiger partial charge in [0.05, 0.1) is 0 Å². The summed E-state index contributed by atoms with van der Waals surface area (Å²) < 4.78 is 0. The van der Waals surface area contributed by atoms with E-state index in [-0.39, 0.29) is 16.2 Å². The first-order valence-electron chi connectivity index (χ1n) is 8.45. The van der Waals surface area contributed by atoms with Crippen LogP contribution in [0.25, 0.3) is 6.08 Å². The van der Waals surface area contributed by atoms with Gasteiger partial charge in [-0.15, -0.1) is 0 Å². The summed E-state index contributed by atoms with van der Waals surface area (Å²) in [5.74, 6) is -0.589. The summed E-state index contributed by atoms with van der Waals surface area (Å²) in [6, 6.07) is 3.90. The molecule has 2 amide bonds. The highest BCUT2D eigenvalue weighted by atomic mass is 35.5. The van der Waals surface area contributed by atoms with Crippen molar-refractivity contribution in [1.82, 2.24) is 10.2 Å². The number of likely N-dealkylation sites (N-methyl/N-ethyl adjacent to an activating group) is 1. The zero-order chi connectivity index (χ0) is 19.4. The molecule has 2 heterocycles. The molecule has 1 saturated heterocycles. The fraction of sp³-hybridized carbons (Fsp3) is 0.421. The summed E-state index contributed by atoms with van der Waals surface area (Å²) in [5, 5.41) is 3.12. The fourth-order valence-electron chi connectivity index (χ4n) is 3.62. The number of carbonyl (C=O) groups excluding carboxylic acids is 2. The van der Waals surface area contributed by atoms with Crippen LogP contribution >= 0.6 is 23.8 Å². The highest BCUT2D eigenvalue weighted by Crippen LogP contribution is 2.44. The molecule has 1 atom stereocenters. The predicted octanol–water partition coefficient (Wildman–Crippen LogP) is 3.32. The first-order chi connectivity index (χ1) is 12.0. The minimum Gasteiger partial charge on any atom is -0.369 e. The van der Waals surface area contributed by atoms with Crippen LogP contribution in [0.3, 0.4) is 0 Å². The maximum absolute atomic E-state index is 12.4. The maximum atomic E-state index is 12.4.